The van der Waals surface area contributed by atoms with E-state index in [0.29, 0.717) is 24.5 Å². The lowest BCUT2D eigenvalue weighted by Crippen LogP contribution is -2.46. The smallest absolute Gasteiger partial charge is 0.221 e. The standard InChI is InChI=1S/C12H18N4O2/c1-8(18)16-10-2-3-15-11(4-10)12(13)7-14-5-9(12)6-17/h2-4,9,14,17H,5-7,13H2,1H3,(H,15,16,18). The van der Waals surface area contributed by atoms with Crippen LogP contribution in [0.3, 0.4) is 0 Å². The highest BCUT2D eigenvalue weighted by Gasteiger charge is 2.41. The number of hydrogen-bond donors (Lipinski definition) is 4. The maximum atomic E-state index is 11.0. The summed E-state index contributed by atoms with van der Waals surface area (Å²) in [6.07, 6.45) is 1.61. The van der Waals surface area contributed by atoms with Gasteiger partial charge < -0.3 is 21.5 Å². The molecule has 0 aliphatic carbocycles. The second kappa shape index (κ2) is 5.01. The Hall–Kier alpha value is -1.50. The van der Waals surface area contributed by atoms with Crippen LogP contribution in [-0.2, 0) is 10.3 Å². The van der Waals surface area contributed by atoms with Gasteiger partial charge in [0.2, 0.25) is 5.91 Å². The lowest BCUT2D eigenvalue weighted by molar-refractivity contribution is -0.114. The van der Waals surface area contributed by atoms with Crippen LogP contribution in [-0.4, -0.2) is 35.7 Å². The van der Waals surface area contributed by atoms with E-state index in [-0.39, 0.29) is 18.4 Å². The quantitative estimate of drug-likeness (QED) is 0.574. The van der Waals surface area contributed by atoms with E-state index in [1.165, 1.54) is 6.92 Å². The van der Waals surface area contributed by atoms with E-state index >= 15 is 0 Å². The summed E-state index contributed by atoms with van der Waals surface area (Å²) in [5.41, 5.74) is 6.99. The van der Waals surface area contributed by atoms with E-state index in [4.69, 9.17) is 5.73 Å². The number of amides is 1. The molecule has 6 nitrogen and oxygen atoms in total. The number of anilines is 1. The molecule has 1 fully saturated rings. The molecule has 2 heterocycles. The SMILES string of the molecule is CC(=O)Nc1ccnc(C2(N)CNCC2CO)c1. The Bertz CT molecular complexity index is 451. The normalized spacial score (nSPS) is 27.2. The zero-order valence-electron chi connectivity index (χ0n) is 10.3. The molecule has 0 saturated carbocycles. The largest absolute Gasteiger partial charge is 0.396 e. The third-order valence-corrected chi connectivity index (χ3v) is 3.31. The zero-order valence-corrected chi connectivity index (χ0v) is 10.3. The Morgan fingerprint density at radius 3 is 3.22 bits per heavy atom. The van der Waals surface area contributed by atoms with Gasteiger partial charge in [0, 0.05) is 44.4 Å². The highest BCUT2D eigenvalue weighted by Crippen LogP contribution is 2.29. The molecule has 0 bridgehead atoms. The number of nitrogens with one attached hydrogen (secondary N) is 2. The predicted molar refractivity (Wildman–Crippen MR) is 67.9 cm³/mol. The second-order valence-corrected chi connectivity index (χ2v) is 4.66. The fraction of sp³-hybridized carbons (Fsp3) is 0.500. The molecule has 1 aromatic heterocycles. The Morgan fingerprint density at radius 2 is 2.56 bits per heavy atom. The average Bonchev–Trinajstić information content (AvgIpc) is 2.71. The third-order valence-electron chi connectivity index (χ3n) is 3.31. The van der Waals surface area contributed by atoms with E-state index in [0.717, 1.165) is 0 Å². The van der Waals surface area contributed by atoms with E-state index in [9.17, 15) is 9.90 Å². The number of aliphatic hydroxyl groups is 1. The Labute approximate surface area is 106 Å². The zero-order chi connectivity index (χ0) is 13.2. The number of aromatic nitrogens is 1. The maximum absolute atomic E-state index is 11.0. The first kappa shape index (κ1) is 12.9. The van der Waals surface area contributed by atoms with Crippen LogP contribution < -0.4 is 16.4 Å². The molecular formula is C12H18N4O2. The van der Waals surface area contributed by atoms with Crippen molar-refractivity contribution in [2.75, 3.05) is 25.0 Å². The van der Waals surface area contributed by atoms with Crippen LogP contribution >= 0.6 is 0 Å². The molecule has 1 saturated heterocycles. The number of nitrogens with two attached hydrogens (primary N) is 1. The molecule has 1 aromatic rings. The summed E-state index contributed by atoms with van der Waals surface area (Å²) < 4.78 is 0. The molecule has 2 atom stereocenters. The van der Waals surface area contributed by atoms with E-state index < -0.39 is 5.54 Å². The Balaban J connectivity index is 2.29. The summed E-state index contributed by atoms with van der Waals surface area (Å²) in [5, 5.41) is 15.2. The lowest BCUT2D eigenvalue weighted by atomic mass is 9.85. The topological polar surface area (TPSA) is 100 Å². The molecule has 98 valence electrons. The van der Waals surface area contributed by atoms with Crippen molar-refractivity contribution in [2.45, 2.75) is 12.5 Å². The second-order valence-electron chi connectivity index (χ2n) is 4.66. The minimum atomic E-state index is -0.691. The Kier molecular flexibility index (Phi) is 3.60. The molecule has 18 heavy (non-hydrogen) atoms. The van der Waals surface area contributed by atoms with Gasteiger partial charge in [0.15, 0.2) is 0 Å². The van der Waals surface area contributed by atoms with Gasteiger partial charge in [-0.05, 0) is 12.1 Å². The number of aliphatic hydroxyl groups excluding tert-OH is 1. The molecule has 0 radical (unpaired) electrons. The predicted octanol–water partition coefficient (Wildman–Crippen LogP) is -0.594. The number of hydrogen-bond acceptors (Lipinski definition) is 5. The van der Waals surface area contributed by atoms with Crippen molar-refractivity contribution in [2.24, 2.45) is 11.7 Å². The van der Waals surface area contributed by atoms with Crippen molar-refractivity contribution in [1.29, 1.82) is 0 Å². The van der Waals surface area contributed by atoms with Gasteiger partial charge in [0.1, 0.15) is 0 Å². The molecule has 0 aromatic carbocycles. The molecule has 0 spiro atoms. The van der Waals surface area contributed by atoms with Gasteiger partial charge in [-0.15, -0.1) is 0 Å². The van der Waals surface area contributed by atoms with Gasteiger partial charge in [0.05, 0.1) is 11.2 Å². The molecule has 2 unspecified atom stereocenters. The van der Waals surface area contributed by atoms with Crippen LogP contribution in [0, 0.1) is 5.92 Å². The van der Waals surface area contributed by atoms with Gasteiger partial charge in [0.25, 0.3) is 0 Å². The van der Waals surface area contributed by atoms with Gasteiger partial charge >= 0.3 is 0 Å². The molecule has 1 aliphatic heterocycles. The third kappa shape index (κ3) is 2.35. The fourth-order valence-electron chi connectivity index (χ4n) is 2.27. The van der Waals surface area contributed by atoms with Crippen LogP contribution in [0.4, 0.5) is 5.69 Å². The van der Waals surface area contributed by atoms with Crippen molar-refractivity contribution in [1.82, 2.24) is 10.3 Å². The molecule has 1 amide bonds. The maximum Gasteiger partial charge on any atom is 0.221 e. The van der Waals surface area contributed by atoms with Gasteiger partial charge in [-0.2, -0.15) is 0 Å². The van der Waals surface area contributed by atoms with E-state index in [1.807, 2.05) is 0 Å². The lowest BCUT2D eigenvalue weighted by Gasteiger charge is -2.28. The number of carbonyl (C=O) groups is 1. The van der Waals surface area contributed by atoms with Crippen molar-refractivity contribution in [3.05, 3.63) is 24.0 Å². The first-order valence-electron chi connectivity index (χ1n) is 5.91. The summed E-state index contributed by atoms with van der Waals surface area (Å²) in [4.78, 5) is 15.3. The Morgan fingerprint density at radius 1 is 1.78 bits per heavy atom. The number of carbonyl (C=O) groups excluding carboxylic acids is 1. The van der Waals surface area contributed by atoms with E-state index in [1.54, 1.807) is 18.3 Å². The highest BCUT2D eigenvalue weighted by molar-refractivity contribution is 5.88. The average molecular weight is 250 g/mol. The van der Waals surface area contributed by atoms with Gasteiger partial charge in [-0.1, -0.05) is 0 Å². The van der Waals surface area contributed by atoms with Crippen molar-refractivity contribution >= 4 is 11.6 Å². The summed E-state index contributed by atoms with van der Waals surface area (Å²) in [7, 11) is 0. The van der Waals surface area contributed by atoms with Crippen LogP contribution in [0.1, 0.15) is 12.6 Å². The first-order chi connectivity index (χ1) is 8.56. The minimum absolute atomic E-state index is 0.00947. The molecule has 6 heteroatoms. The summed E-state index contributed by atoms with van der Waals surface area (Å²) in [6.45, 7) is 2.69. The fourth-order valence-corrected chi connectivity index (χ4v) is 2.27. The minimum Gasteiger partial charge on any atom is -0.396 e. The summed E-state index contributed by atoms with van der Waals surface area (Å²) >= 11 is 0. The molecule has 5 N–H and O–H groups in total. The van der Waals surface area contributed by atoms with Crippen LogP contribution in [0.2, 0.25) is 0 Å². The highest BCUT2D eigenvalue weighted by atomic mass is 16.3. The van der Waals surface area contributed by atoms with Crippen molar-refractivity contribution in [3.63, 3.8) is 0 Å². The van der Waals surface area contributed by atoms with Crippen molar-refractivity contribution < 1.29 is 9.90 Å². The van der Waals surface area contributed by atoms with Crippen molar-refractivity contribution in [3.8, 4) is 0 Å². The van der Waals surface area contributed by atoms with Crippen LogP contribution in [0.25, 0.3) is 0 Å². The van der Waals surface area contributed by atoms with Crippen LogP contribution in [0.5, 0.6) is 0 Å². The first-order valence-corrected chi connectivity index (χ1v) is 5.91. The molecule has 2 rings (SSSR count). The number of rotatable bonds is 3. The molecule has 1 aliphatic rings. The number of pyridine rings is 1. The summed E-state index contributed by atoms with van der Waals surface area (Å²) in [5.74, 6) is -0.209. The van der Waals surface area contributed by atoms with Gasteiger partial charge in [-0.25, -0.2) is 0 Å². The number of nitrogens with zero attached hydrogens (tertiary/aromatic N) is 1. The van der Waals surface area contributed by atoms with Gasteiger partial charge in [-0.3, -0.25) is 9.78 Å². The molecular weight excluding hydrogens is 232 g/mol. The van der Waals surface area contributed by atoms with E-state index in [2.05, 4.69) is 15.6 Å². The summed E-state index contributed by atoms with van der Waals surface area (Å²) in [6, 6.07) is 3.47. The van der Waals surface area contributed by atoms with Crippen LogP contribution in [0.15, 0.2) is 18.3 Å². The monoisotopic (exact) mass is 250 g/mol.